The Balaban J connectivity index is 2.58. The third-order valence-electron chi connectivity index (χ3n) is 1.75. The van der Waals surface area contributed by atoms with Gasteiger partial charge < -0.3 is 0 Å². The minimum absolute atomic E-state index is 0.881. The summed E-state index contributed by atoms with van der Waals surface area (Å²) in [7, 11) is 0. The molecule has 0 unspecified atom stereocenters. The molecule has 71 valence electrons. The first kappa shape index (κ1) is 10.5. The molecular weight excluding hydrogens is 230 g/mol. The van der Waals surface area contributed by atoms with Crippen LogP contribution in [0.4, 0.5) is 0 Å². The van der Waals surface area contributed by atoms with Gasteiger partial charge in [0, 0.05) is 9.54 Å². The van der Waals surface area contributed by atoms with Crippen LogP contribution in [-0.4, -0.2) is 13.1 Å². The van der Waals surface area contributed by atoms with Crippen LogP contribution in [-0.2, 0) is 0 Å². The standard InChI is InChI=1S/C10H14BrNO/c1-3-12(4-2)13-10-7-5-9(11)6-8-10/h5-8H,3-4H2,1-2H3/q+1. The Labute approximate surface area is 87.6 Å². The van der Waals surface area contributed by atoms with Crippen LogP contribution >= 0.6 is 15.9 Å². The second-order valence-electron chi connectivity index (χ2n) is 2.66. The highest BCUT2D eigenvalue weighted by Crippen LogP contribution is 2.16. The minimum atomic E-state index is 0.881. The summed E-state index contributed by atoms with van der Waals surface area (Å²) in [5.74, 6) is 0.881. The van der Waals surface area contributed by atoms with E-state index in [1.165, 1.54) is 0 Å². The van der Waals surface area contributed by atoms with E-state index in [1.54, 1.807) is 0 Å². The van der Waals surface area contributed by atoms with Gasteiger partial charge in [0.1, 0.15) is 0 Å². The number of hydrogen-bond donors (Lipinski definition) is 0. The van der Waals surface area contributed by atoms with Crippen LogP contribution in [0.1, 0.15) is 13.8 Å². The summed E-state index contributed by atoms with van der Waals surface area (Å²) in [5.41, 5.74) is 0. The Kier molecular flexibility index (Phi) is 4.25. The molecule has 0 bridgehead atoms. The van der Waals surface area contributed by atoms with Gasteiger partial charge >= 0.3 is 0 Å². The summed E-state index contributed by atoms with van der Waals surface area (Å²) < 4.78 is 1.07. The molecular formula is C10H14BrNO+. The highest BCUT2D eigenvalue weighted by atomic mass is 79.9. The monoisotopic (exact) mass is 243 g/mol. The van der Waals surface area contributed by atoms with E-state index in [0.717, 1.165) is 23.3 Å². The molecule has 0 saturated carbocycles. The van der Waals surface area contributed by atoms with Crippen LogP contribution in [0.5, 0.6) is 5.75 Å². The molecule has 1 rings (SSSR count). The van der Waals surface area contributed by atoms with Crippen LogP contribution in [0.15, 0.2) is 28.7 Å². The van der Waals surface area contributed by atoms with Crippen molar-refractivity contribution in [2.45, 2.75) is 13.8 Å². The second kappa shape index (κ2) is 5.25. The van der Waals surface area contributed by atoms with Crippen molar-refractivity contribution in [2.24, 2.45) is 0 Å². The smallest absolute Gasteiger partial charge is 0.197 e. The van der Waals surface area contributed by atoms with Gasteiger partial charge in [-0.15, -0.1) is 0 Å². The Bertz CT molecular complexity index is 244. The van der Waals surface area contributed by atoms with Crippen LogP contribution in [0, 0.1) is 0 Å². The minimum Gasteiger partial charge on any atom is -0.261 e. The van der Waals surface area contributed by atoms with Crippen molar-refractivity contribution in [2.75, 3.05) is 13.1 Å². The third-order valence-corrected chi connectivity index (χ3v) is 2.28. The zero-order chi connectivity index (χ0) is 9.68. The molecule has 0 N–H and O–H groups in total. The number of hydroxylamine groups is 2. The van der Waals surface area contributed by atoms with Gasteiger partial charge in [0.2, 0.25) is 0 Å². The molecule has 0 aromatic heterocycles. The molecule has 2 nitrogen and oxygen atoms in total. The van der Waals surface area contributed by atoms with Gasteiger partial charge in [-0.1, -0.05) is 15.9 Å². The fraction of sp³-hybridized carbons (Fsp3) is 0.400. The second-order valence-corrected chi connectivity index (χ2v) is 3.58. The molecule has 0 aliphatic rings. The summed E-state index contributed by atoms with van der Waals surface area (Å²) >= 11 is 3.38. The van der Waals surface area contributed by atoms with Gasteiger partial charge in [-0.05, 0) is 38.1 Å². The summed E-state index contributed by atoms with van der Waals surface area (Å²) in [5, 5.41) is 1.91. The Hall–Kier alpha value is -0.540. The van der Waals surface area contributed by atoms with Crippen molar-refractivity contribution in [1.82, 2.24) is 5.06 Å². The summed E-state index contributed by atoms with van der Waals surface area (Å²) in [6.45, 7) is 5.93. The van der Waals surface area contributed by atoms with E-state index in [9.17, 15) is 0 Å². The van der Waals surface area contributed by atoms with Crippen LogP contribution in [0.3, 0.4) is 0 Å². The highest BCUT2D eigenvalue weighted by Gasteiger charge is 2.11. The quantitative estimate of drug-likeness (QED) is 0.587. The SMILES string of the molecule is CC[N+](CC)Oc1ccc(Br)cc1. The first-order valence-electron chi connectivity index (χ1n) is 4.44. The third kappa shape index (κ3) is 3.36. The van der Waals surface area contributed by atoms with E-state index in [0.29, 0.717) is 0 Å². The molecule has 1 aromatic carbocycles. The van der Waals surface area contributed by atoms with E-state index in [-0.39, 0.29) is 0 Å². The Morgan fingerprint density at radius 3 is 2.15 bits per heavy atom. The predicted molar refractivity (Wildman–Crippen MR) is 58.0 cm³/mol. The molecule has 0 spiro atoms. The zero-order valence-electron chi connectivity index (χ0n) is 7.96. The van der Waals surface area contributed by atoms with E-state index in [2.05, 4.69) is 29.8 Å². The number of rotatable bonds is 4. The fourth-order valence-electron chi connectivity index (χ4n) is 0.997. The van der Waals surface area contributed by atoms with Crippen LogP contribution < -0.4 is 9.90 Å². The molecule has 1 aromatic rings. The molecule has 0 amide bonds. The normalized spacial score (nSPS) is 10.5. The molecule has 0 aliphatic heterocycles. The van der Waals surface area contributed by atoms with E-state index in [1.807, 2.05) is 29.3 Å². The summed E-state index contributed by atoms with van der Waals surface area (Å²) in [6.07, 6.45) is 0. The maximum atomic E-state index is 5.58. The van der Waals surface area contributed by atoms with Crippen molar-refractivity contribution >= 4 is 15.9 Å². The lowest BCUT2D eigenvalue weighted by Crippen LogP contribution is -2.33. The van der Waals surface area contributed by atoms with Gasteiger partial charge in [-0.25, -0.2) is 0 Å². The maximum absolute atomic E-state index is 5.58. The Morgan fingerprint density at radius 2 is 1.69 bits per heavy atom. The van der Waals surface area contributed by atoms with Crippen molar-refractivity contribution in [3.8, 4) is 5.75 Å². The zero-order valence-corrected chi connectivity index (χ0v) is 9.54. The number of hydrogen-bond acceptors (Lipinski definition) is 2. The van der Waals surface area contributed by atoms with Gasteiger partial charge in [0.05, 0.1) is 0 Å². The molecule has 0 heterocycles. The van der Waals surface area contributed by atoms with E-state index < -0.39 is 0 Å². The fourth-order valence-corrected chi connectivity index (χ4v) is 1.26. The largest absolute Gasteiger partial charge is 0.261 e. The molecule has 13 heavy (non-hydrogen) atoms. The van der Waals surface area contributed by atoms with Crippen molar-refractivity contribution in [1.29, 1.82) is 0 Å². The lowest BCUT2D eigenvalue weighted by Gasteiger charge is -2.06. The van der Waals surface area contributed by atoms with Gasteiger partial charge in [-0.2, -0.15) is 0 Å². The van der Waals surface area contributed by atoms with Crippen LogP contribution in [0.25, 0.3) is 0 Å². The van der Waals surface area contributed by atoms with Gasteiger partial charge in [0.25, 0.3) is 0 Å². The lowest BCUT2D eigenvalue weighted by atomic mass is 10.3. The van der Waals surface area contributed by atoms with Gasteiger partial charge in [-0.3, -0.25) is 4.84 Å². The van der Waals surface area contributed by atoms with Gasteiger partial charge in [0.15, 0.2) is 18.8 Å². The lowest BCUT2D eigenvalue weighted by molar-refractivity contribution is 0.0559. The highest BCUT2D eigenvalue weighted by molar-refractivity contribution is 9.10. The topological polar surface area (TPSA) is 15.1 Å². The molecule has 0 saturated heterocycles. The van der Waals surface area contributed by atoms with E-state index >= 15 is 0 Å². The molecule has 0 fully saturated rings. The number of nitrogens with zero attached hydrogens (tertiary/aromatic N) is 1. The predicted octanol–water partition coefficient (Wildman–Crippen LogP) is 2.92. The van der Waals surface area contributed by atoms with Crippen molar-refractivity contribution < 1.29 is 4.84 Å². The average Bonchev–Trinajstić information content (AvgIpc) is 2.17. The summed E-state index contributed by atoms with van der Waals surface area (Å²) in [6, 6.07) is 7.84. The average molecular weight is 244 g/mol. The summed E-state index contributed by atoms with van der Waals surface area (Å²) in [4.78, 5) is 5.58. The first-order chi connectivity index (χ1) is 6.26. The first-order valence-corrected chi connectivity index (χ1v) is 5.24. The molecule has 0 atom stereocenters. The van der Waals surface area contributed by atoms with Crippen molar-refractivity contribution in [3.05, 3.63) is 28.7 Å². The van der Waals surface area contributed by atoms with E-state index in [4.69, 9.17) is 4.84 Å². The van der Waals surface area contributed by atoms with Crippen molar-refractivity contribution in [3.63, 3.8) is 0 Å². The molecule has 1 radical (unpaired) electrons. The molecule has 0 aliphatic carbocycles. The van der Waals surface area contributed by atoms with Crippen LogP contribution in [0.2, 0.25) is 0 Å². The Morgan fingerprint density at radius 1 is 1.15 bits per heavy atom. The number of benzene rings is 1. The molecule has 3 heteroatoms. The number of halogens is 1. The maximum Gasteiger partial charge on any atom is 0.197 e.